The maximum Gasteiger partial charge on any atom is 0.335 e. The highest BCUT2D eigenvalue weighted by Crippen LogP contribution is 2.33. The summed E-state index contributed by atoms with van der Waals surface area (Å²) in [5.41, 5.74) is 2.24. The number of rotatable bonds is 5. The minimum atomic E-state index is -0.961. The van der Waals surface area contributed by atoms with Crippen LogP contribution in [0.15, 0.2) is 72.8 Å². The van der Waals surface area contributed by atoms with Gasteiger partial charge in [0.1, 0.15) is 17.2 Å². The van der Waals surface area contributed by atoms with Gasteiger partial charge in [0.2, 0.25) is 0 Å². The van der Waals surface area contributed by atoms with E-state index in [0.717, 1.165) is 11.1 Å². The molecule has 0 aromatic heterocycles. The van der Waals surface area contributed by atoms with E-state index >= 15 is 0 Å². The Kier molecular flexibility index (Phi) is 4.67. The summed E-state index contributed by atoms with van der Waals surface area (Å²) in [5.74, 6) is 0.554. The van der Waals surface area contributed by atoms with Crippen LogP contribution in [0.5, 0.6) is 17.2 Å². The van der Waals surface area contributed by atoms with Crippen LogP contribution in [0.2, 0.25) is 0 Å². The van der Waals surface area contributed by atoms with E-state index in [1.54, 1.807) is 24.3 Å². The third-order valence-electron chi connectivity index (χ3n) is 4.50. The molecule has 3 aromatic carbocycles. The third-order valence-corrected chi connectivity index (χ3v) is 4.50. The van der Waals surface area contributed by atoms with Crippen LogP contribution in [-0.2, 0) is 5.41 Å². The summed E-state index contributed by atoms with van der Waals surface area (Å²) < 4.78 is 5.78. The van der Waals surface area contributed by atoms with Crippen molar-refractivity contribution in [2.24, 2.45) is 0 Å². The molecule has 0 radical (unpaired) electrons. The van der Waals surface area contributed by atoms with E-state index in [0.29, 0.717) is 11.5 Å². The van der Waals surface area contributed by atoms with Crippen LogP contribution in [0, 0.1) is 0 Å². The van der Waals surface area contributed by atoms with Gasteiger partial charge in [0.15, 0.2) is 0 Å². The average Bonchev–Trinajstić information content (AvgIpc) is 2.63. The molecule has 0 fully saturated rings. The van der Waals surface area contributed by atoms with Crippen molar-refractivity contribution in [1.82, 2.24) is 0 Å². The van der Waals surface area contributed by atoms with Gasteiger partial charge in [-0.15, -0.1) is 0 Å². The van der Waals surface area contributed by atoms with Crippen LogP contribution < -0.4 is 4.74 Å². The van der Waals surface area contributed by atoms with Gasteiger partial charge in [-0.1, -0.05) is 38.1 Å². The van der Waals surface area contributed by atoms with Crippen molar-refractivity contribution in [2.45, 2.75) is 19.3 Å². The maximum atomic E-state index is 10.9. The molecule has 0 spiro atoms. The molecule has 3 aromatic rings. The van der Waals surface area contributed by atoms with Gasteiger partial charge in [-0.05, 0) is 59.7 Å². The van der Waals surface area contributed by atoms with E-state index in [1.165, 1.54) is 12.1 Å². The van der Waals surface area contributed by atoms with Crippen LogP contribution in [0.25, 0.3) is 0 Å². The van der Waals surface area contributed by atoms with E-state index in [4.69, 9.17) is 9.84 Å². The van der Waals surface area contributed by atoms with E-state index < -0.39 is 5.97 Å². The smallest absolute Gasteiger partial charge is 0.335 e. The molecule has 0 heterocycles. The Hall–Kier alpha value is -3.27. The van der Waals surface area contributed by atoms with Gasteiger partial charge in [0.25, 0.3) is 0 Å². The Morgan fingerprint density at radius 2 is 1.19 bits per heavy atom. The van der Waals surface area contributed by atoms with Gasteiger partial charge in [-0.25, -0.2) is 4.79 Å². The lowest BCUT2D eigenvalue weighted by molar-refractivity contribution is 0.0697. The normalized spacial score (nSPS) is 11.2. The molecule has 4 heteroatoms. The van der Waals surface area contributed by atoms with E-state index in [1.807, 2.05) is 36.4 Å². The highest BCUT2D eigenvalue weighted by Gasteiger charge is 2.23. The molecule has 4 nitrogen and oxygen atoms in total. The monoisotopic (exact) mass is 348 g/mol. The van der Waals surface area contributed by atoms with E-state index in [-0.39, 0.29) is 16.7 Å². The summed E-state index contributed by atoms with van der Waals surface area (Å²) in [6.07, 6.45) is 0. The fourth-order valence-electron chi connectivity index (χ4n) is 2.79. The lowest BCUT2D eigenvalue weighted by atomic mass is 9.78. The average molecular weight is 348 g/mol. The predicted octanol–water partition coefficient (Wildman–Crippen LogP) is 5.21. The number of phenolic OH excluding ortho intramolecular Hbond substituents is 1. The standard InChI is InChI=1S/C22H20O4/c1-22(2,16-5-9-18(23)10-6-16)17-7-13-20(14-8-17)26-19-11-3-15(4-12-19)21(24)25/h3-14,23H,1-2H3,(H,24,25). The first kappa shape index (κ1) is 17.5. The molecule has 0 saturated carbocycles. The van der Waals surface area contributed by atoms with Gasteiger partial charge in [0, 0.05) is 5.41 Å². The number of carboxylic acid groups (broad SMARTS) is 1. The summed E-state index contributed by atoms with van der Waals surface area (Å²) in [4.78, 5) is 10.9. The zero-order chi connectivity index (χ0) is 18.7. The zero-order valence-electron chi connectivity index (χ0n) is 14.6. The molecule has 0 bridgehead atoms. The molecule has 0 unspecified atom stereocenters. The molecule has 0 aliphatic heterocycles. The molecular weight excluding hydrogens is 328 g/mol. The molecule has 2 N–H and O–H groups in total. The Balaban J connectivity index is 1.77. The van der Waals surface area contributed by atoms with Crippen molar-refractivity contribution in [3.05, 3.63) is 89.5 Å². The lowest BCUT2D eigenvalue weighted by Gasteiger charge is -2.26. The minimum Gasteiger partial charge on any atom is -0.508 e. The second-order valence-corrected chi connectivity index (χ2v) is 6.63. The lowest BCUT2D eigenvalue weighted by Crippen LogP contribution is -2.18. The Morgan fingerprint density at radius 1 is 0.769 bits per heavy atom. The first-order valence-electron chi connectivity index (χ1n) is 8.27. The fourth-order valence-corrected chi connectivity index (χ4v) is 2.79. The number of phenols is 1. The van der Waals surface area contributed by atoms with Crippen LogP contribution >= 0.6 is 0 Å². The van der Waals surface area contributed by atoms with Gasteiger partial charge in [0.05, 0.1) is 5.56 Å². The summed E-state index contributed by atoms with van der Waals surface area (Å²) in [5, 5.41) is 18.4. The van der Waals surface area contributed by atoms with Crippen LogP contribution in [0.4, 0.5) is 0 Å². The van der Waals surface area contributed by atoms with Crippen LogP contribution in [0.3, 0.4) is 0 Å². The Morgan fingerprint density at radius 3 is 1.65 bits per heavy atom. The van der Waals surface area contributed by atoms with Crippen molar-refractivity contribution in [3.63, 3.8) is 0 Å². The second kappa shape index (κ2) is 6.92. The Labute approximate surface area is 152 Å². The number of benzene rings is 3. The van der Waals surface area contributed by atoms with Crippen molar-refractivity contribution in [2.75, 3.05) is 0 Å². The van der Waals surface area contributed by atoms with Gasteiger partial charge >= 0.3 is 5.97 Å². The molecule has 0 aliphatic rings. The summed E-state index contributed by atoms with van der Waals surface area (Å²) in [7, 11) is 0. The first-order valence-corrected chi connectivity index (χ1v) is 8.27. The highest BCUT2D eigenvalue weighted by atomic mass is 16.5. The largest absolute Gasteiger partial charge is 0.508 e. The van der Waals surface area contributed by atoms with Crippen molar-refractivity contribution in [1.29, 1.82) is 0 Å². The first-order chi connectivity index (χ1) is 12.4. The number of carboxylic acids is 1. The topological polar surface area (TPSA) is 66.8 Å². The van der Waals surface area contributed by atoms with Crippen LogP contribution in [0.1, 0.15) is 35.3 Å². The van der Waals surface area contributed by atoms with Crippen LogP contribution in [-0.4, -0.2) is 16.2 Å². The molecule has 0 amide bonds. The van der Waals surface area contributed by atoms with E-state index in [2.05, 4.69) is 13.8 Å². The highest BCUT2D eigenvalue weighted by molar-refractivity contribution is 5.87. The van der Waals surface area contributed by atoms with E-state index in [9.17, 15) is 9.90 Å². The summed E-state index contributed by atoms with van der Waals surface area (Å²) in [6.45, 7) is 4.25. The number of carbonyl (C=O) groups is 1. The van der Waals surface area contributed by atoms with Gasteiger partial charge < -0.3 is 14.9 Å². The van der Waals surface area contributed by atoms with Gasteiger partial charge in [-0.2, -0.15) is 0 Å². The Bertz CT molecular complexity index is 892. The molecule has 0 saturated heterocycles. The van der Waals surface area contributed by atoms with Crippen molar-refractivity contribution < 1.29 is 19.7 Å². The second-order valence-electron chi connectivity index (χ2n) is 6.63. The van der Waals surface area contributed by atoms with Crippen molar-refractivity contribution in [3.8, 4) is 17.2 Å². The number of aromatic hydroxyl groups is 1. The van der Waals surface area contributed by atoms with Crippen molar-refractivity contribution >= 4 is 5.97 Å². The molecule has 26 heavy (non-hydrogen) atoms. The SMILES string of the molecule is CC(C)(c1ccc(O)cc1)c1ccc(Oc2ccc(C(=O)O)cc2)cc1. The maximum absolute atomic E-state index is 10.9. The number of hydrogen-bond donors (Lipinski definition) is 2. The predicted molar refractivity (Wildman–Crippen MR) is 100 cm³/mol. The summed E-state index contributed by atoms with van der Waals surface area (Å²) in [6, 6.07) is 21.3. The molecule has 0 atom stereocenters. The molecular formula is C22H20O4. The van der Waals surface area contributed by atoms with Gasteiger partial charge in [-0.3, -0.25) is 0 Å². The third kappa shape index (κ3) is 3.70. The quantitative estimate of drug-likeness (QED) is 0.664. The number of ether oxygens (including phenoxy) is 1. The number of hydrogen-bond acceptors (Lipinski definition) is 3. The summed E-state index contributed by atoms with van der Waals surface area (Å²) >= 11 is 0. The minimum absolute atomic E-state index is 0.213. The zero-order valence-corrected chi connectivity index (χ0v) is 14.6. The fraction of sp³-hybridized carbons (Fsp3) is 0.136. The molecule has 132 valence electrons. The number of aromatic carboxylic acids is 1. The molecule has 0 aliphatic carbocycles. The molecule has 3 rings (SSSR count).